The van der Waals surface area contributed by atoms with Gasteiger partial charge >= 0.3 is 12.0 Å². The van der Waals surface area contributed by atoms with Gasteiger partial charge in [-0.3, -0.25) is 10.1 Å². The van der Waals surface area contributed by atoms with Gasteiger partial charge in [0.05, 0.1) is 5.92 Å². The smallest absolute Gasteiger partial charge is 0.321 e. The van der Waals surface area contributed by atoms with Crippen LogP contribution in [0.3, 0.4) is 0 Å². The number of hydrogen-bond acceptors (Lipinski definition) is 4. The van der Waals surface area contributed by atoms with Crippen molar-refractivity contribution in [3.63, 3.8) is 0 Å². The number of carboxylic acids is 1. The summed E-state index contributed by atoms with van der Waals surface area (Å²) in [5.74, 6) is -1.43. The van der Waals surface area contributed by atoms with Gasteiger partial charge in [-0.2, -0.15) is 0 Å². The number of rotatable bonds is 5. The van der Waals surface area contributed by atoms with Crippen molar-refractivity contribution < 1.29 is 14.7 Å². The first kappa shape index (κ1) is 13.9. The van der Waals surface area contributed by atoms with Crippen LogP contribution in [0, 0.1) is 11.8 Å². The monoisotopic (exact) mass is 252 g/mol. The van der Waals surface area contributed by atoms with Gasteiger partial charge in [0.1, 0.15) is 0 Å². The average molecular weight is 252 g/mol. The topological polar surface area (TPSA) is 104 Å². The molecule has 2 amide bonds. The molecule has 98 valence electrons. The molecule has 1 atom stereocenters. The van der Waals surface area contributed by atoms with Gasteiger partial charge in [0, 0.05) is 18.9 Å². The summed E-state index contributed by atoms with van der Waals surface area (Å²) < 4.78 is 0. The number of hydrogen-bond donors (Lipinski definition) is 3. The molecule has 0 spiro atoms. The minimum absolute atomic E-state index is 0.0595. The molecule has 1 aromatic heterocycles. The number of carbonyl (C=O) groups is 2. The molecule has 0 fully saturated rings. The van der Waals surface area contributed by atoms with Crippen molar-refractivity contribution >= 4 is 17.9 Å². The second-order valence-corrected chi connectivity index (χ2v) is 4.10. The van der Waals surface area contributed by atoms with E-state index < -0.39 is 17.9 Å². The minimum atomic E-state index is -0.929. The number of aliphatic carboxylic acids is 1. The fourth-order valence-corrected chi connectivity index (χ4v) is 1.32. The van der Waals surface area contributed by atoms with Crippen molar-refractivity contribution in [3.8, 4) is 0 Å². The van der Waals surface area contributed by atoms with E-state index in [9.17, 15) is 9.59 Å². The molecule has 3 N–H and O–H groups in total. The van der Waals surface area contributed by atoms with Crippen molar-refractivity contribution in [2.24, 2.45) is 11.8 Å². The van der Waals surface area contributed by atoms with Crippen LogP contribution in [0.1, 0.15) is 13.8 Å². The number of amides is 2. The number of carboxylic acid groups (broad SMARTS) is 1. The SMILES string of the molecule is CC(C)C(CNC(=O)Nc1ncccn1)C(=O)O. The Labute approximate surface area is 105 Å². The molecule has 0 aliphatic heterocycles. The van der Waals surface area contributed by atoms with Gasteiger partial charge in [0.25, 0.3) is 0 Å². The zero-order valence-electron chi connectivity index (χ0n) is 10.3. The summed E-state index contributed by atoms with van der Waals surface area (Å²) in [6.07, 6.45) is 2.99. The summed E-state index contributed by atoms with van der Waals surface area (Å²) in [6.45, 7) is 3.64. The van der Waals surface area contributed by atoms with Gasteiger partial charge in [-0.15, -0.1) is 0 Å². The molecule has 1 aromatic rings. The Bertz CT molecular complexity index is 408. The van der Waals surface area contributed by atoms with E-state index in [1.165, 1.54) is 12.4 Å². The Hall–Kier alpha value is -2.18. The van der Waals surface area contributed by atoms with Crippen molar-refractivity contribution in [2.45, 2.75) is 13.8 Å². The molecule has 0 saturated carbocycles. The summed E-state index contributed by atoms with van der Waals surface area (Å²) in [5, 5.41) is 13.8. The Morgan fingerprint density at radius 2 is 1.94 bits per heavy atom. The molecule has 0 aliphatic rings. The van der Waals surface area contributed by atoms with Gasteiger partial charge < -0.3 is 10.4 Å². The number of urea groups is 1. The number of nitrogens with zero attached hydrogens (tertiary/aromatic N) is 2. The molecule has 7 heteroatoms. The molecular weight excluding hydrogens is 236 g/mol. The lowest BCUT2D eigenvalue weighted by atomic mass is 9.96. The van der Waals surface area contributed by atoms with Crippen molar-refractivity contribution in [3.05, 3.63) is 18.5 Å². The predicted octanol–water partition coefficient (Wildman–Crippen LogP) is 0.955. The van der Waals surface area contributed by atoms with Gasteiger partial charge in [-0.25, -0.2) is 14.8 Å². The van der Waals surface area contributed by atoms with Crippen LogP contribution >= 0.6 is 0 Å². The lowest BCUT2D eigenvalue weighted by Gasteiger charge is -2.16. The fraction of sp³-hybridized carbons (Fsp3) is 0.455. The zero-order chi connectivity index (χ0) is 13.5. The molecule has 1 heterocycles. The first-order valence-electron chi connectivity index (χ1n) is 5.55. The molecule has 0 bridgehead atoms. The van der Waals surface area contributed by atoms with E-state index in [0.717, 1.165) is 0 Å². The molecule has 0 radical (unpaired) electrons. The van der Waals surface area contributed by atoms with E-state index in [-0.39, 0.29) is 18.4 Å². The van der Waals surface area contributed by atoms with E-state index in [2.05, 4.69) is 20.6 Å². The predicted molar refractivity (Wildman–Crippen MR) is 65.0 cm³/mol. The Kier molecular flexibility index (Phi) is 5.04. The molecule has 1 rings (SSSR count). The molecule has 7 nitrogen and oxygen atoms in total. The minimum Gasteiger partial charge on any atom is -0.481 e. The highest BCUT2D eigenvalue weighted by Crippen LogP contribution is 2.09. The van der Waals surface area contributed by atoms with E-state index in [4.69, 9.17) is 5.11 Å². The fourth-order valence-electron chi connectivity index (χ4n) is 1.32. The highest BCUT2D eigenvalue weighted by molar-refractivity contribution is 5.87. The molecular formula is C11H16N4O3. The maximum absolute atomic E-state index is 11.5. The van der Waals surface area contributed by atoms with Crippen LogP contribution in [0.15, 0.2) is 18.5 Å². The van der Waals surface area contributed by atoms with Crippen molar-refractivity contribution in [1.82, 2.24) is 15.3 Å². The summed E-state index contributed by atoms with van der Waals surface area (Å²) in [5.41, 5.74) is 0. The second kappa shape index (κ2) is 6.53. The summed E-state index contributed by atoms with van der Waals surface area (Å²) in [7, 11) is 0. The average Bonchev–Trinajstić information content (AvgIpc) is 2.29. The molecule has 18 heavy (non-hydrogen) atoms. The van der Waals surface area contributed by atoms with Crippen LogP contribution < -0.4 is 10.6 Å². The van der Waals surface area contributed by atoms with Gasteiger partial charge in [-0.05, 0) is 12.0 Å². The van der Waals surface area contributed by atoms with E-state index in [1.54, 1.807) is 19.9 Å². The summed E-state index contributed by atoms with van der Waals surface area (Å²) >= 11 is 0. The van der Waals surface area contributed by atoms with Crippen molar-refractivity contribution in [2.75, 3.05) is 11.9 Å². The molecule has 0 aromatic carbocycles. The molecule has 0 aliphatic carbocycles. The normalized spacial score (nSPS) is 11.9. The first-order valence-corrected chi connectivity index (χ1v) is 5.55. The van der Waals surface area contributed by atoms with Gasteiger partial charge in [-0.1, -0.05) is 13.8 Å². The van der Waals surface area contributed by atoms with Gasteiger partial charge in [0.2, 0.25) is 5.95 Å². The maximum atomic E-state index is 11.5. The zero-order valence-corrected chi connectivity index (χ0v) is 10.3. The lowest BCUT2D eigenvalue weighted by molar-refractivity contribution is -0.142. The Morgan fingerprint density at radius 3 is 2.44 bits per heavy atom. The third kappa shape index (κ3) is 4.36. The highest BCUT2D eigenvalue weighted by Gasteiger charge is 2.21. The van der Waals surface area contributed by atoms with Gasteiger partial charge in [0.15, 0.2) is 0 Å². The van der Waals surface area contributed by atoms with E-state index in [0.29, 0.717) is 0 Å². The van der Waals surface area contributed by atoms with Crippen LogP contribution in [-0.4, -0.2) is 33.6 Å². The third-order valence-corrected chi connectivity index (χ3v) is 2.40. The van der Waals surface area contributed by atoms with Crippen LogP contribution in [-0.2, 0) is 4.79 Å². The number of anilines is 1. The number of nitrogens with one attached hydrogen (secondary N) is 2. The van der Waals surface area contributed by atoms with E-state index in [1.807, 2.05) is 0 Å². The maximum Gasteiger partial charge on any atom is 0.321 e. The highest BCUT2D eigenvalue weighted by atomic mass is 16.4. The van der Waals surface area contributed by atoms with Crippen LogP contribution in [0.2, 0.25) is 0 Å². The van der Waals surface area contributed by atoms with Crippen LogP contribution in [0.5, 0.6) is 0 Å². The second-order valence-electron chi connectivity index (χ2n) is 4.10. The standard InChI is InChI=1S/C11H16N4O3/c1-7(2)8(9(16)17)6-14-11(18)15-10-12-4-3-5-13-10/h3-5,7-8H,6H2,1-2H3,(H,16,17)(H2,12,13,14,15,18). The van der Waals surface area contributed by atoms with Crippen molar-refractivity contribution in [1.29, 1.82) is 0 Å². The number of carbonyl (C=O) groups excluding carboxylic acids is 1. The summed E-state index contributed by atoms with van der Waals surface area (Å²) in [4.78, 5) is 30.0. The largest absolute Gasteiger partial charge is 0.481 e. The lowest BCUT2D eigenvalue weighted by Crippen LogP contribution is -2.38. The van der Waals surface area contributed by atoms with Crippen LogP contribution in [0.4, 0.5) is 10.7 Å². The number of aromatic nitrogens is 2. The quantitative estimate of drug-likeness (QED) is 0.723. The Balaban J connectivity index is 2.44. The van der Waals surface area contributed by atoms with E-state index >= 15 is 0 Å². The Morgan fingerprint density at radius 1 is 1.33 bits per heavy atom. The molecule has 1 unspecified atom stereocenters. The van der Waals surface area contributed by atoms with Crippen LogP contribution in [0.25, 0.3) is 0 Å². The third-order valence-electron chi connectivity index (χ3n) is 2.40. The molecule has 0 saturated heterocycles. The first-order chi connectivity index (χ1) is 8.50. The summed E-state index contributed by atoms with van der Waals surface area (Å²) in [6, 6.07) is 1.11.